The van der Waals surface area contributed by atoms with Crippen LogP contribution in [0.2, 0.25) is 0 Å². The number of piperidine rings is 1. The molecule has 118 valence electrons. The quantitative estimate of drug-likeness (QED) is 0.842. The Kier molecular flexibility index (Phi) is 6.20. The minimum atomic E-state index is -0.196. The Balaban J connectivity index is 2.10. The Labute approximate surface area is 136 Å². The van der Waals surface area contributed by atoms with E-state index in [4.69, 9.17) is 0 Å². The third-order valence-corrected chi connectivity index (χ3v) is 5.06. The van der Waals surface area contributed by atoms with Gasteiger partial charge < -0.3 is 5.32 Å². The summed E-state index contributed by atoms with van der Waals surface area (Å²) in [7, 11) is 0. The van der Waals surface area contributed by atoms with E-state index in [0.717, 1.165) is 19.6 Å². The Morgan fingerprint density at radius 2 is 2.14 bits per heavy atom. The molecule has 0 bridgehead atoms. The van der Waals surface area contributed by atoms with Gasteiger partial charge in [-0.05, 0) is 86.2 Å². The van der Waals surface area contributed by atoms with Crippen LogP contribution in [0.4, 0.5) is 4.39 Å². The summed E-state index contributed by atoms with van der Waals surface area (Å²) < 4.78 is 14.0. The maximum absolute atomic E-state index is 13.4. The summed E-state index contributed by atoms with van der Waals surface area (Å²) in [5, 5.41) is 3.49. The van der Waals surface area contributed by atoms with E-state index >= 15 is 0 Å². The summed E-state index contributed by atoms with van der Waals surface area (Å²) >= 11 is 3.30. The standard InChI is InChI=1S/C17H26BrFN2/c1-12(2)21(11-14-5-4-8-20-10-14)13(3)15-6-7-17(19)16(18)9-15/h6-7,9,12-14,20H,4-5,8,10-11H2,1-3H3. The number of hydrogen-bond acceptors (Lipinski definition) is 2. The molecule has 21 heavy (non-hydrogen) atoms. The summed E-state index contributed by atoms with van der Waals surface area (Å²) in [6, 6.07) is 6.14. The molecule has 1 N–H and O–H groups in total. The van der Waals surface area contributed by atoms with Crippen molar-refractivity contribution in [3.8, 4) is 0 Å². The van der Waals surface area contributed by atoms with Crippen LogP contribution < -0.4 is 5.32 Å². The van der Waals surface area contributed by atoms with Crippen LogP contribution in [0.1, 0.15) is 45.2 Å². The number of nitrogens with one attached hydrogen (secondary N) is 1. The van der Waals surface area contributed by atoms with Gasteiger partial charge in [0, 0.05) is 18.6 Å². The fraction of sp³-hybridized carbons (Fsp3) is 0.647. The predicted octanol–water partition coefficient (Wildman–Crippen LogP) is 4.36. The SMILES string of the molecule is CC(C)N(CC1CCCNC1)C(C)c1ccc(F)c(Br)c1. The number of hydrogen-bond donors (Lipinski definition) is 1. The molecule has 0 aromatic heterocycles. The lowest BCUT2D eigenvalue weighted by Crippen LogP contribution is -2.42. The summed E-state index contributed by atoms with van der Waals surface area (Å²) in [5.41, 5.74) is 1.17. The van der Waals surface area contributed by atoms with E-state index in [1.807, 2.05) is 12.1 Å². The highest BCUT2D eigenvalue weighted by molar-refractivity contribution is 9.10. The minimum Gasteiger partial charge on any atom is -0.316 e. The lowest BCUT2D eigenvalue weighted by Gasteiger charge is -2.37. The van der Waals surface area contributed by atoms with Crippen molar-refractivity contribution >= 4 is 15.9 Å². The third-order valence-electron chi connectivity index (χ3n) is 4.45. The fourth-order valence-corrected chi connectivity index (χ4v) is 3.55. The summed E-state index contributed by atoms with van der Waals surface area (Å²) in [6.45, 7) is 10.1. The van der Waals surface area contributed by atoms with Crippen LogP contribution in [0.5, 0.6) is 0 Å². The van der Waals surface area contributed by atoms with E-state index < -0.39 is 0 Å². The molecule has 2 atom stereocenters. The van der Waals surface area contributed by atoms with Crippen molar-refractivity contribution in [1.82, 2.24) is 10.2 Å². The summed E-state index contributed by atoms with van der Waals surface area (Å²) in [6.07, 6.45) is 2.57. The Bertz CT molecular complexity index is 458. The highest BCUT2D eigenvalue weighted by atomic mass is 79.9. The van der Waals surface area contributed by atoms with Crippen molar-refractivity contribution in [2.45, 2.75) is 45.7 Å². The summed E-state index contributed by atoms with van der Waals surface area (Å²) in [4.78, 5) is 2.53. The largest absolute Gasteiger partial charge is 0.316 e. The van der Waals surface area contributed by atoms with Crippen LogP contribution in [0.15, 0.2) is 22.7 Å². The molecule has 1 aromatic carbocycles. The molecular weight excluding hydrogens is 331 g/mol. The fourth-order valence-electron chi connectivity index (χ4n) is 3.16. The van der Waals surface area contributed by atoms with Crippen molar-refractivity contribution in [2.75, 3.05) is 19.6 Å². The molecule has 2 unspecified atom stereocenters. The maximum Gasteiger partial charge on any atom is 0.137 e. The second-order valence-electron chi connectivity index (χ2n) is 6.35. The number of benzene rings is 1. The molecule has 0 saturated carbocycles. The van der Waals surface area contributed by atoms with Crippen molar-refractivity contribution in [3.63, 3.8) is 0 Å². The van der Waals surface area contributed by atoms with Gasteiger partial charge in [-0.25, -0.2) is 4.39 Å². The van der Waals surface area contributed by atoms with E-state index in [9.17, 15) is 4.39 Å². The van der Waals surface area contributed by atoms with E-state index in [-0.39, 0.29) is 5.82 Å². The van der Waals surface area contributed by atoms with Crippen LogP contribution >= 0.6 is 15.9 Å². The first-order valence-corrected chi connectivity index (χ1v) is 8.69. The zero-order valence-corrected chi connectivity index (χ0v) is 14.8. The second kappa shape index (κ2) is 7.70. The highest BCUT2D eigenvalue weighted by Crippen LogP contribution is 2.28. The smallest absolute Gasteiger partial charge is 0.137 e. The topological polar surface area (TPSA) is 15.3 Å². The Hall–Kier alpha value is -0.450. The van der Waals surface area contributed by atoms with Gasteiger partial charge in [-0.3, -0.25) is 4.90 Å². The number of rotatable bonds is 5. The molecule has 2 nitrogen and oxygen atoms in total. The van der Waals surface area contributed by atoms with Crippen molar-refractivity contribution in [2.24, 2.45) is 5.92 Å². The maximum atomic E-state index is 13.4. The molecule has 1 fully saturated rings. The molecule has 2 rings (SSSR count). The molecule has 0 radical (unpaired) electrons. The molecule has 0 spiro atoms. The first-order chi connectivity index (χ1) is 9.99. The van der Waals surface area contributed by atoms with Crippen LogP contribution in [0.3, 0.4) is 0 Å². The van der Waals surface area contributed by atoms with E-state index in [1.54, 1.807) is 6.07 Å². The van der Waals surface area contributed by atoms with Gasteiger partial charge in [-0.2, -0.15) is 0 Å². The first kappa shape index (κ1) is 16.9. The molecule has 1 heterocycles. The number of nitrogens with zero attached hydrogens (tertiary/aromatic N) is 1. The second-order valence-corrected chi connectivity index (χ2v) is 7.21. The normalized spacial score (nSPS) is 21.0. The molecule has 1 aliphatic rings. The number of halogens is 2. The Morgan fingerprint density at radius 3 is 2.71 bits per heavy atom. The molecule has 1 aromatic rings. The van der Waals surface area contributed by atoms with Gasteiger partial charge in [0.2, 0.25) is 0 Å². The van der Waals surface area contributed by atoms with E-state index in [0.29, 0.717) is 22.5 Å². The lowest BCUT2D eigenvalue weighted by molar-refractivity contribution is 0.126. The lowest BCUT2D eigenvalue weighted by atomic mass is 9.96. The van der Waals surface area contributed by atoms with Gasteiger partial charge in [0.05, 0.1) is 4.47 Å². The molecule has 0 amide bonds. The molecule has 1 saturated heterocycles. The first-order valence-electron chi connectivity index (χ1n) is 7.90. The van der Waals surface area contributed by atoms with Crippen molar-refractivity contribution in [3.05, 3.63) is 34.1 Å². The molecule has 1 aliphatic heterocycles. The molecule has 4 heteroatoms. The van der Waals surface area contributed by atoms with Crippen LogP contribution in [0, 0.1) is 11.7 Å². The van der Waals surface area contributed by atoms with Crippen LogP contribution in [-0.2, 0) is 0 Å². The van der Waals surface area contributed by atoms with Gasteiger partial charge in [-0.15, -0.1) is 0 Å². The van der Waals surface area contributed by atoms with Crippen molar-refractivity contribution in [1.29, 1.82) is 0 Å². The van der Waals surface area contributed by atoms with Crippen LogP contribution in [-0.4, -0.2) is 30.6 Å². The molecule has 0 aliphatic carbocycles. The Morgan fingerprint density at radius 1 is 1.38 bits per heavy atom. The monoisotopic (exact) mass is 356 g/mol. The third kappa shape index (κ3) is 4.51. The van der Waals surface area contributed by atoms with Gasteiger partial charge in [0.1, 0.15) is 5.82 Å². The van der Waals surface area contributed by atoms with Gasteiger partial charge >= 0.3 is 0 Å². The summed E-state index contributed by atoms with van der Waals surface area (Å²) in [5.74, 6) is 0.519. The van der Waals surface area contributed by atoms with Gasteiger partial charge in [-0.1, -0.05) is 6.07 Å². The molecular formula is C17H26BrFN2. The predicted molar refractivity (Wildman–Crippen MR) is 90.0 cm³/mol. The van der Waals surface area contributed by atoms with Crippen molar-refractivity contribution < 1.29 is 4.39 Å². The van der Waals surface area contributed by atoms with E-state index in [1.165, 1.54) is 18.4 Å². The van der Waals surface area contributed by atoms with Gasteiger partial charge in [0.25, 0.3) is 0 Å². The average Bonchev–Trinajstić information content (AvgIpc) is 2.47. The van der Waals surface area contributed by atoms with Gasteiger partial charge in [0.15, 0.2) is 0 Å². The average molecular weight is 357 g/mol. The van der Waals surface area contributed by atoms with E-state index in [2.05, 4.69) is 46.9 Å². The zero-order valence-electron chi connectivity index (χ0n) is 13.2. The highest BCUT2D eigenvalue weighted by Gasteiger charge is 2.24. The van der Waals surface area contributed by atoms with Crippen LogP contribution in [0.25, 0.3) is 0 Å². The minimum absolute atomic E-state index is 0.196. The zero-order chi connectivity index (χ0) is 15.4.